The largest absolute Gasteiger partial charge is 0.383 e. The molecule has 6 heteroatoms. The zero-order valence-electron chi connectivity index (χ0n) is 11.4. The fourth-order valence-corrected chi connectivity index (χ4v) is 4.36. The van der Waals surface area contributed by atoms with E-state index in [0.717, 1.165) is 28.7 Å². The van der Waals surface area contributed by atoms with E-state index < -0.39 is 0 Å². The van der Waals surface area contributed by atoms with E-state index >= 15 is 0 Å². The van der Waals surface area contributed by atoms with Crippen LogP contribution in [0.2, 0.25) is 0 Å². The average Bonchev–Trinajstić information content (AvgIpc) is 2.87. The highest BCUT2D eigenvalue weighted by Crippen LogP contribution is 2.49. The summed E-state index contributed by atoms with van der Waals surface area (Å²) >= 11 is 1.56. The number of hydrogen-bond donors (Lipinski definition) is 3. The molecule has 1 aliphatic carbocycles. The number of aromatic nitrogens is 1. The zero-order valence-corrected chi connectivity index (χ0v) is 12.2. The van der Waals surface area contributed by atoms with E-state index in [-0.39, 0.29) is 17.9 Å². The third-order valence-corrected chi connectivity index (χ3v) is 5.38. The first kappa shape index (κ1) is 12.8. The van der Waals surface area contributed by atoms with Crippen LogP contribution in [-0.2, 0) is 4.79 Å². The molecular formula is C15H16N4OS. The van der Waals surface area contributed by atoms with Crippen LogP contribution in [-0.4, -0.2) is 23.4 Å². The Hall–Kier alpha value is -1.92. The number of carbonyl (C=O) groups is 1. The molecule has 0 amide bonds. The third-order valence-electron chi connectivity index (χ3n) is 4.29. The van der Waals surface area contributed by atoms with Gasteiger partial charge in [-0.25, -0.2) is 4.98 Å². The molecule has 4 N–H and O–H groups in total. The van der Waals surface area contributed by atoms with E-state index in [1.165, 1.54) is 0 Å². The molecule has 2 heterocycles. The number of ketones is 1. The van der Waals surface area contributed by atoms with Crippen LogP contribution >= 0.6 is 11.3 Å². The van der Waals surface area contributed by atoms with Crippen molar-refractivity contribution in [3.8, 4) is 0 Å². The quantitative estimate of drug-likeness (QED) is 0.809. The van der Waals surface area contributed by atoms with Crippen LogP contribution in [0.25, 0.3) is 0 Å². The number of carbonyl (C=O) groups excluding carboxylic acids is 1. The van der Waals surface area contributed by atoms with Gasteiger partial charge in [-0.15, -0.1) is 0 Å². The first-order valence-corrected chi connectivity index (χ1v) is 7.91. The lowest BCUT2D eigenvalue weighted by molar-refractivity contribution is -0.137. The highest BCUT2D eigenvalue weighted by atomic mass is 32.1. The summed E-state index contributed by atoms with van der Waals surface area (Å²) < 4.78 is 0. The molecule has 2 aliphatic rings. The number of hydrogen-bond acceptors (Lipinski definition) is 6. The molecule has 2 aromatic rings. The summed E-state index contributed by atoms with van der Waals surface area (Å²) in [5.41, 5.74) is 7.06. The second kappa shape index (κ2) is 4.82. The first-order valence-electron chi connectivity index (χ1n) is 7.09. The Balaban J connectivity index is 1.59. The predicted octanol–water partition coefficient (Wildman–Crippen LogP) is 2.11. The highest BCUT2D eigenvalue weighted by molar-refractivity contribution is 7.16. The van der Waals surface area contributed by atoms with Gasteiger partial charge in [0.25, 0.3) is 0 Å². The van der Waals surface area contributed by atoms with Gasteiger partial charge < -0.3 is 16.4 Å². The van der Waals surface area contributed by atoms with Gasteiger partial charge in [0.1, 0.15) is 5.82 Å². The van der Waals surface area contributed by atoms with Crippen LogP contribution in [0.15, 0.2) is 30.3 Å². The molecule has 4 rings (SSSR count). The Morgan fingerprint density at radius 1 is 1.33 bits per heavy atom. The van der Waals surface area contributed by atoms with Gasteiger partial charge in [0.15, 0.2) is 10.9 Å². The van der Waals surface area contributed by atoms with Gasteiger partial charge in [0.2, 0.25) is 0 Å². The number of anilines is 3. The lowest BCUT2D eigenvalue weighted by Gasteiger charge is -2.47. The van der Waals surface area contributed by atoms with Gasteiger partial charge in [-0.3, -0.25) is 4.79 Å². The van der Waals surface area contributed by atoms with Gasteiger partial charge in [-0.05, 0) is 25.1 Å². The minimum atomic E-state index is -0.0592. The number of nitrogens with zero attached hydrogens (tertiary/aromatic N) is 1. The van der Waals surface area contributed by atoms with Crippen molar-refractivity contribution >= 4 is 33.8 Å². The van der Waals surface area contributed by atoms with Crippen molar-refractivity contribution in [2.75, 3.05) is 17.6 Å². The number of rotatable bonds is 3. The molecule has 2 fully saturated rings. The zero-order chi connectivity index (χ0) is 14.4. The molecule has 1 aromatic carbocycles. The Kier molecular flexibility index (Phi) is 2.94. The van der Waals surface area contributed by atoms with Crippen LogP contribution < -0.4 is 16.4 Å². The topological polar surface area (TPSA) is 80.0 Å². The van der Waals surface area contributed by atoms with Crippen molar-refractivity contribution in [1.82, 2.24) is 10.3 Å². The van der Waals surface area contributed by atoms with E-state index in [0.29, 0.717) is 11.6 Å². The molecule has 0 radical (unpaired) electrons. The summed E-state index contributed by atoms with van der Waals surface area (Å²) in [7, 11) is 0. The second-order valence-electron chi connectivity index (χ2n) is 5.51. The van der Waals surface area contributed by atoms with Crippen molar-refractivity contribution in [1.29, 1.82) is 0 Å². The number of thiazole rings is 1. The monoisotopic (exact) mass is 300 g/mol. The number of piperidine rings is 2. The van der Waals surface area contributed by atoms with Crippen molar-refractivity contribution in [2.45, 2.75) is 18.4 Å². The molecule has 108 valence electrons. The minimum absolute atomic E-state index is 0.0592. The number of Topliss-reactive ketones (excluding diaryl/α,β-unsaturated/α-hetero) is 1. The van der Waals surface area contributed by atoms with Crippen LogP contribution in [0, 0.1) is 5.92 Å². The summed E-state index contributed by atoms with van der Waals surface area (Å²) in [6.07, 6.45) is 0.902. The van der Waals surface area contributed by atoms with Gasteiger partial charge in [0.05, 0.1) is 10.9 Å². The molecule has 0 spiro atoms. The number of para-hydroxylation sites is 1. The van der Waals surface area contributed by atoms with Crippen molar-refractivity contribution in [3.63, 3.8) is 0 Å². The molecule has 1 aliphatic heterocycles. The molecule has 5 nitrogen and oxygen atoms in total. The number of nitrogens with two attached hydrogens (primary N) is 1. The molecular weight excluding hydrogens is 284 g/mol. The molecule has 1 aromatic heterocycles. The van der Waals surface area contributed by atoms with Crippen LogP contribution in [0.3, 0.4) is 0 Å². The smallest absolute Gasteiger partial charge is 0.189 e. The fourth-order valence-electron chi connectivity index (χ4n) is 3.26. The summed E-state index contributed by atoms with van der Waals surface area (Å²) in [6.45, 7) is 0.922. The van der Waals surface area contributed by atoms with Crippen molar-refractivity contribution in [2.24, 2.45) is 5.92 Å². The maximum Gasteiger partial charge on any atom is 0.189 e. The van der Waals surface area contributed by atoms with Crippen LogP contribution in [0.5, 0.6) is 0 Å². The van der Waals surface area contributed by atoms with Gasteiger partial charge in [0, 0.05) is 17.5 Å². The summed E-state index contributed by atoms with van der Waals surface area (Å²) in [6, 6.07) is 9.83. The van der Waals surface area contributed by atoms with E-state index in [1.54, 1.807) is 11.3 Å². The van der Waals surface area contributed by atoms with E-state index in [4.69, 9.17) is 5.73 Å². The standard InChI is InChI=1S/C15H16N4OS/c16-14-13(10-9-6-7-17-11(10)12(9)20)21-15(19-14)18-8-4-2-1-3-5-8/h1-5,9-11,17H,6-7,16H2,(H,18,19). The SMILES string of the molecule is Nc1nc(Nc2ccccc2)sc1C1C2CCNC1C2=O. The average molecular weight is 300 g/mol. The third kappa shape index (κ3) is 2.02. The molecule has 3 atom stereocenters. The predicted molar refractivity (Wildman–Crippen MR) is 83.9 cm³/mol. The highest BCUT2D eigenvalue weighted by Gasteiger charge is 2.53. The number of fused-ring (bicyclic) bond motifs is 2. The van der Waals surface area contributed by atoms with Gasteiger partial charge in [-0.1, -0.05) is 29.5 Å². The molecule has 1 saturated heterocycles. The maximum absolute atomic E-state index is 11.9. The summed E-state index contributed by atoms with van der Waals surface area (Å²) in [5.74, 6) is 1.21. The second-order valence-corrected chi connectivity index (χ2v) is 6.55. The first-order chi connectivity index (χ1) is 10.2. The molecule has 3 unspecified atom stereocenters. The number of benzene rings is 1. The summed E-state index contributed by atoms with van der Waals surface area (Å²) in [5, 5.41) is 7.34. The van der Waals surface area contributed by atoms with Crippen LogP contribution in [0.4, 0.5) is 16.6 Å². The normalized spacial score (nSPS) is 27.2. The van der Waals surface area contributed by atoms with E-state index in [1.807, 2.05) is 30.3 Å². The van der Waals surface area contributed by atoms with Gasteiger partial charge >= 0.3 is 0 Å². The maximum atomic E-state index is 11.9. The number of nitrogens with one attached hydrogen (secondary N) is 2. The Labute approximate surface area is 126 Å². The minimum Gasteiger partial charge on any atom is -0.383 e. The summed E-state index contributed by atoms with van der Waals surface area (Å²) in [4.78, 5) is 17.3. The van der Waals surface area contributed by atoms with Gasteiger partial charge in [-0.2, -0.15) is 0 Å². The van der Waals surface area contributed by atoms with Crippen LogP contribution in [0.1, 0.15) is 17.2 Å². The molecule has 1 saturated carbocycles. The Bertz CT molecular complexity index is 670. The lowest BCUT2D eigenvalue weighted by atomic mass is 9.63. The molecule has 2 bridgehead atoms. The molecule has 21 heavy (non-hydrogen) atoms. The van der Waals surface area contributed by atoms with Crippen molar-refractivity contribution in [3.05, 3.63) is 35.2 Å². The Morgan fingerprint density at radius 2 is 2.14 bits per heavy atom. The fraction of sp³-hybridized carbons (Fsp3) is 0.333. The van der Waals surface area contributed by atoms with E-state index in [2.05, 4.69) is 15.6 Å². The lowest BCUT2D eigenvalue weighted by Crippen LogP contribution is -2.62. The van der Waals surface area contributed by atoms with Crippen molar-refractivity contribution < 1.29 is 4.79 Å². The van der Waals surface area contributed by atoms with E-state index in [9.17, 15) is 4.79 Å². The number of nitrogen functional groups attached to an aromatic ring is 1. The Morgan fingerprint density at radius 3 is 2.81 bits per heavy atom.